The maximum absolute atomic E-state index is 10.8. The highest BCUT2D eigenvalue weighted by Gasteiger charge is 2.64. The number of aliphatic hydroxyl groups is 1. The van der Waals surface area contributed by atoms with E-state index in [2.05, 4.69) is 54.5 Å². The number of aliphatic hydroxyl groups excluding tert-OH is 1. The van der Waals surface area contributed by atoms with Crippen LogP contribution in [-0.4, -0.2) is 11.2 Å². The van der Waals surface area contributed by atoms with Crippen molar-refractivity contribution in [3.05, 3.63) is 11.6 Å². The number of fused-ring (bicyclic) bond motifs is 7. The van der Waals surface area contributed by atoms with Crippen LogP contribution in [0.2, 0.25) is 0 Å². The van der Waals surface area contributed by atoms with Gasteiger partial charge < -0.3 is 5.11 Å². The molecule has 0 heterocycles. The van der Waals surface area contributed by atoms with E-state index in [1.54, 1.807) is 0 Å². The molecular weight excluding hydrogens is 364 g/mol. The van der Waals surface area contributed by atoms with Crippen LogP contribution in [0.1, 0.15) is 113 Å². The Morgan fingerprint density at radius 1 is 0.800 bits per heavy atom. The molecule has 5 rings (SSSR count). The molecule has 0 amide bonds. The highest BCUT2D eigenvalue weighted by atomic mass is 16.3. The Morgan fingerprint density at radius 2 is 1.53 bits per heavy atom. The van der Waals surface area contributed by atoms with Crippen molar-refractivity contribution in [2.24, 2.45) is 50.7 Å². The Bertz CT molecular complexity index is 745. The van der Waals surface area contributed by atoms with E-state index in [1.165, 1.54) is 57.8 Å². The van der Waals surface area contributed by atoms with E-state index in [1.807, 2.05) is 5.57 Å². The molecule has 0 aliphatic heterocycles. The average Bonchev–Trinajstić information content (AvgIpc) is 2.65. The van der Waals surface area contributed by atoms with Crippen molar-refractivity contribution >= 4 is 0 Å². The summed E-state index contributed by atoms with van der Waals surface area (Å²) < 4.78 is 0. The molecule has 5 aliphatic carbocycles. The van der Waals surface area contributed by atoms with Crippen molar-refractivity contribution in [1.29, 1.82) is 0 Å². The van der Waals surface area contributed by atoms with Crippen molar-refractivity contribution in [3.8, 4) is 0 Å². The first kappa shape index (κ1) is 21.5. The van der Waals surface area contributed by atoms with Crippen LogP contribution in [0.4, 0.5) is 0 Å². The van der Waals surface area contributed by atoms with E-state index in [4.69, 9.17) is 0 Å². The lowest BCUT2D eigenvalue weighted by atomic mass is 9.37. The molecule has 30 heavy (non-hydrogen) atoms. The third-order valence-electron chi connectivity index (χ3n) is 12.2. The van der Waals surface area contributed by atoms with Crippen molar-refractivity contribution in [2.75, 3.05) is 0 Å². The highest BCUT2D eigenvalue weighted by molar-refractivity contribution is 5.30. The molecule has 5 aliphatic rings. The topological polar surface area (TPSA) is 20.2 Å². The van der Waals surface area contributed by atoms with E-state index >= 15 is 0 Å². The van der Waals surface area contributed by atoms with E-state index in [-0.39, 0.29) is 11.5 Å². The van der Waals surface area contributed by atoms with Crippen LogP contribution >= 0.6 is 0 Å². The molecule has 1 N–H and O–H groups in total. The van der Waals surface area contributed by atoms with Gasteiger partial charge in [0.25, 0.3) is 0 Å². The second-order valence-corrected chi connectivity index (χ2v) is 14.6. The third-order valence-corrected chi connectivity index (χ3v) is 12.2. The molecule has 170 valence electrons. The van der Waals surface area contributed by atoms with Crippen LogP contribution in [0, 0.1) is 50.7 Å². The lowest BCUT2D eigenvalue weighted by Crippen LogP contribution is -2.61. The minimum atomic E-state index is -0.115. The molecule has 0 aromatic rings. The van der Waals surface area contributed by atoms with Gasteiger partial charge in [-0.05, 0) is 115 Å². The molecule has 1 heteroatoms. The van der Waals surface area contributed by atoms with Gasteiger partial charge in [-0.2, -0.15) is 0 Å². The van der Waals surface area contributed by atoms with Crippen molar-refractivity contribution < 1.29 is 5.11 Å². The van der Waals surface area contributed by atoms with Crippen LogP contribution in [0.5, 0.6) is 0 Å². The molecule has 1 nitrogen and oxygen atoms in total. The molecule has 0 aromatic carbocycles. The molecule has 0 spiro atoms. The summed E-state index contributed by atoms with van der Waals surface area (Å²) >= 11 is 0. The third kappa shape index (κ3) is 2.75. The second-order valence-electron chi connectivity index (χ2n) is 14.6. The van der Waals surface area contributed by atoms with Crippen LogP contribution < -0.4 is 0 Å². The van der Waals surface area contributed by atoms with E-state index in [0.717, 1.165) is 24.2 Å². The number of allylic oxidation sites excluding steroid dienone is 2. The molecule has 4 fully saturated rings. The summed E-state index contributed by atoms with van der Waals surface area (Å²) in [6.45, 7) is 17.7. The van der Waals surface area contributed by atoms with Crippen LogP contribution in [0.25, 0.3) is 0 Å². The number of hydrogen-bond acceptors (Lipinski definition) is 1. The maximum Gasteiger partial charge on any atom is 0.0594 e. The Morgan fingerprint density at radius 3 is 2.27 bits per heavy atom. The molecule has 0 saturated heterocycles. The van der Waals surface area contributed by atoms with E-state index in [9.17, 15) is 5.11 Å². The number of rotatable bonds is 0. The van der Waals surface area contributed by atoms with Gasteiger partial charge in [0.2, 0.25) is 0 Å². The quantitative estimate of drug-likeness (QED) is 0.403. The Labute approximate surface area is 186 Å². The smallest absolute Gasteiger partial charge is 0.0594 e. The average molecular weight is 413 g/mol. The molecule has 8 atom stereocenters. The molecule has 0 aromatic heterocycles. The number of hydrogen-bond donors (Lipinski definition) is 1. The normalized spacial score (nSPS) is 54.1. The van der Waals surface area contributed by atoms with E-state index in [0.29, 0.717) is 27.6 Å². The summed E-state index contributed by atoms with van der Waals surface area (Å²) in [4.78, 5) is 0. The van der Waals surface area contributed by atoms with Crippen molar-refractivity contribution in [1.82, 2.24) is 0 Å². The first-order valence-electron chi connectivity index (χ1n) is 13.2. The minimum Gasteiger partial charge on any atom is -0.393 e. The zero-order chi connectivity index (χ0) is 21.7. The summed E-state index contributed by atoms with van der Waals surface area (Å²) in [6, 6.07) is 0. The van der Waals surface area contributed by atoms with Crippen LogP contribution in [-0.2, 0) is 0 Å². The zero-order valence-electron chi connectivity index (χ0n) is 21.0. The van der Waals surface area contributed by atoms with Crippen LogP contribution in [0.15, 0.2) is 11.6 Å². The summed E-state index contributed by atoms with van der Waals surface area (Å²) in [5, 5.41) is 10.8. The maximum atomic E-state index is 10.8. The summed E-state index contributed by atoms with van der Waals surface area (Å²) in [7, 11) is 0. The lowest BCUT2D eigenvalue weighted by molar-refractivity contribution is -0.176. The molecule has 0 unspecified atom stereocenters. The van der Waals surface area contributed by atoms with Crippen LogP contribution in [0.3, 0.4) is 0 Å². The minimum absolute atomic E-state index is 0.0676. The fraction of sp³-hybridized carbons (Fsp3) is 0.931. The first-order chi connectivity index (χ1) is 13.8. The SMILES string of the molecule is CC1(C)CC[C@]2(C)CC=C3[C@H](CC[C@@H]4[C@@]5(C)CC[C@H](O)C(C)(C)[C@@H]5CC[C@@]34C)[C@@H]2C1. The van der Waals surface area contributed by atoms with Gasteiger partial charge in [-0.15, -0.1) is 0 Å². The summed E-state index contributed by atoms with van der Waals surface area (Å²) in [5.41, 5.74) is 3.83. The molecule has 0 radical (unpaired) electrons. The highest BCUT2D eigenvalue weighted by Crippen LogP contribution is 2.72. The Hall–Kier alpha value is -0.300. The van der Waals surface area contributed by atoms with Gasteiger partial charge >= 0.3 is 0 Å². The van der Waals surface area contributed by atoms with Crippen molar-refractivity contribution in [2.45, 2.75) is 119 Å². The fourth-order valence-corrected chi connectivity index (χ4v) is 10.2. The molecule has 0 bridgehead atoms. The predicted octanol–water partition coefficient (Wildman–Crippen LogP) is 7.78. The summed E-state index contributed by atoms with van der Waals surface area (Å²) in [5.74, 6) is 3.21. The fourth-order valence-electron chi connectivity index (χ4n) is 10.2. The standard InChI is InChI=1S/C29H48O/c1-25(2)16-17-27(5)13-10-20-19(21(27)18-25)8-9-23-28(20,6)14-11-22-26(3,4)24(30)12-15-29(22,23)7/h10,19,21-24,30H,8-9,11-18H2,1-7H3/t19-,21-,22-,23-,24-,27-,28-,29-/m0/s1. The Kier molecular flexibility index (Phi) is 4.59. The molecule has 4 saturated carbocycles. The van der Waals surface area contributed by atoms with Gasteiger partial charge in [-0.3, -0.25) is 0 Å². The van der Waals surface area contributed by atoms with Gasteiger partial charge in [0.05, 0.1) is 6.10 Å². The van der Waals surface area contributed by atoms with Gasteiger partial charge in [-0.25, -0.2) is 0 Å². The Balaban J connectivity index is 1.51. The second kappa shape index (κ2) is 6.39. The summed E-state index contributed by atoms with van der Waals surface area (Å²) in [6.07, 6.45) is 16.0. The van der Waals surface area contributed by atoms with Gasteiger partial charge in [0.1, 0.15) is 0 Å². The van der Waals surface area contributed by atoms with Gasteiger partial charge in [-0.1, -0.05) is 60.1 Å². The largest absolute Gasteiger partial charge is 0.393 e. The predicted molar refractivity (Wildman–Crippen MR) is 126 cm³/mol. The van der Waals surface area contributed by atoms with Gasteiger partial charge in [0, 0.05) is 0 Å². The van der Waals surface area contributed by atoms with Crippen molar-refractivity contribution in [3.63, 3.8) is 0 Å². The van der Waals surface area contributed by atoms with Gasteiger partial charge in [0.15, 0.2) is 0 Å². The first-order valence-corrected chi connectivity index (χ1v) is 13.2. The molecular formula is C29H48O. The lowest BCUT2D eigenvalue weighted by Gasteiger charge is -2.68. The van der Waals surface area contributed by atoms with E-state index < -0.39 is 0 Å². The monoisotopic (exact) mass is 412 g/mol. The zero-order valence-corrected chi connectivity index (χ0v) is 21.0.